The Labute approximate surface area is 369 Å². The van der Waals surface area contributed by atoms with Crippen LogP contribution >= 0.6 is 23.6 Å². The van der Waals surface area contributed by atoms with E-state index in [1.807, 2.05) is 45.4 Å². The summed E-state index contributed by atoms with van der Waals surface area (Å²) in [4.78, 5) is 17.1. The third-order valence-corrected chi connectivity index (χ3v) is 10.8. The van der Waals surface area contributed by atoms with Crippen molar-refractivity contribution < 1.29 is 49.4 Å². The average Bonchev–Trinajstić information content (AvgIpc) is 3.18. The van der Waals surface area contributed by atoms with E-state index < -0.39 is 70.5 Å². The molecule has 10 N–H and O–H groups in total. The van der Waals surface area contributed by atoms with Gasteiger partial charge in [-0.3, -0.25) is 13.6 Å². The molecule has 4 aromatic carbocycles. The summed E-state index contributed by atoms with van der Waals surface area (Å²) in [5, 5.41) is 36.3. The van der Waals surface area contributed by atoms with Crippen LogP contribution in [0.5, 0.6) is 0 Å². The minimum atomic E-state index is -5.15. The van der Waals surface area contributed by atoms with Crippen LogP contribution in [0.3, 0.4) is 0 Å². The molecule has 2 heterocycles. The van der Waals surface area contributed by atoms with E-state index in [4.69, 9.17) is 28.3 Å². The summed E-state index contributed by atoms with van der Waals surface area (Å²) in [5.41, 5.74) is 11.1. The highest BCUT2D eigenvalue weighted by atomic mass is 35.5. The number of azo groups is 2. The van der Waals surface area contributed by atoms with Crippen molar-refractivity contribution in [2.45, 2.75) is 14.7 Å². The Morgan fingerprint density at radius 1 is 0.688 bits per heavy atom. The zero-order valence-electron chi connectivity index (χ0n) is 32.7. The first kappa shape index (κ1) is 46.8. The zero-order chi connectivity index (χ0) is 46.6. The third-order valence-electron chi connectivity index (χ3n) is 8.17. The maximum Gasteiger partial charge on any atom is 0.313 e. The van der Waals surface area contributed by atoms with Crippen molar-refractivity contribution in [2.24, 2.45) is 20.5 Å². The van der Waals surface area contributed by atoms with Crippen LogP contribution in [-0.2, 0) is 29.6 Å². The third kappa shape index (κ3) is 11.9. The number of quaternary nitrogens is 1. The number of halogens is 3. The Morgan fingerprint density at radius 3 is 1.89 bits per heavy atom. The summed E-state index contributed by atoms with van der Waals surface area (Å²) in [6, 6.07) is 16.1. The first-order valence-corrected chi connectivity index (χ1v) is 21.4. The van der Waals surface area contributed by atoms with Gasteiger partial charge in [-0.1, -0.05) is 5.04 Å². The van der Waals surface area contributed by atoms with Gasteiger partial charge in [0, 0.05) is 35.3 Å². The van der Waals surface area contributed by atoms with Crippen LogP contribution < -0.4 is 31.9 Å². The van der Waals surface area contributed by atoms with Gasteiger partial charge in [-0.25, -0.2) is 5.26 Å². The fourth-order valence-electron chi connectivity index (χ4n) is 5.28. The molecule has 334 valence electrons. The normalized spacial score (nSPS) is 12.3. The number of benzene rings is 4. The predicted molar refractivity (Wildman–Crippen MR) is 229 cm³/mol. The van der Waals surface area contributed by atoms with Crippen LogP contribution in [0.15, 0.2) is 108 Å². The van der Waals surface area contributed by atoms with E-state index in [2.05, 4.69) is 70.7 Å². The largest absolute Gasteiger partial charge is 0.396 e. The summed E-state index contributed by atoms with van der Waals surface area (Å²) in [6.07, 6.45) is -1.37. The molecule has 0 aliphatic carbocycles. The molecule has 0 amide bonds. The predicted octanol–water partition coefficient (Wildman–Crippen LogP) is 7.94. The molecule has 0 aliphatic heterocycles. The second-order valence-corrected chi connectivity index (χ2v) is 17.4. The molecule has 0 fully saturated rings. The standard InChI is InChI=1S/C34H30ClF2N15O9S3/c1-52(2,3)19-8-4-16(5-9-19)41-33-45-31(35)46-34(47-33)42-18-7-11-24(63(54,55)56)21(13-18)49-50-22-14-25(64(57,58)59)29(39)30(28(22)38)51-48-20-12-17(6-10-23(20)62-61-60-53)40-27-15-26(36)43-32(37)44-27/h4-15H,38-39H2,1-3H3,(H5-,40,41,42,43,44,45,46,47,53,54,55,56,57,58,59)/p+1. The molecule has 0 spiro atoms. The van der Waals surface area contributed by atoms with Crippen molar-refractivity contribution in [1.82, 2.24) is 29.4 Å². The summed E-state index contributed by atoms with van der Waals surface area (Å²) >= 11 is 6.59. The van der Waals surface area contributed by atoms with Gasteiger partial charge in [-0.2, -0.15) is 50.5 Å². The average molecular weight is 963 g/mol. The number of nitrogens with one attached hydrogen (secondary N) is 3. The van der Waals surface area contributed by atoms with Gasteiger partial charge in [0.05, 0.1) is 49.5 Å². The Morgan fingerprint density at radius 2 is 1.27 bits per heavy atom. The van der Waals surface area contributed by atoms with Crippen molar-refractivity contribution in [3.8, 4) is 0 Å². The minimum Gasteiger partial charge on any atom is -0.396 e. The van der Waals surface area contributed by atoms with Crippen molar-refractivity contribution in [1.29, 1.82) is 0 Å². The van der Waals surface area contributed by atoms with Crippen LogP contribution in [-0.4, -0.2) is 77.3 Å². The molecule has 0 atom stereocenters. The van der Waals surface area contributed by atoms with Crippen molar-refractivity contribution >= 4 is 118 Å². The van der Waals surface area contributed by atoms with Crippen molar-refractivity contribution in [2.75, 3.05) is 48.6 Å². The second-order valence-electron chi connectivity index (χ2n) is 13.5. The number of nitrogens with two attached hydrogens (primary N) is 2. The molecule has 0 radical (unpaired) electrons. The smallest absolute Gasteiger partial charge is 0.313 e. The van der Waals surface area contributed by atoms with Crippen molar-refractivity contribution in [3.63, 3.8) is 0 Å². The lowest BCUT2D eigenvalue weighted by molar-refractivity contribution is -0.432. The summed E-state index contributed by atoms with van der Waals surface area (Å²) < 4.78 is 102. The highest BCUT2D eigenvalue weighted by Gasteiger charge is 2.24. The number of hydrogen-bond donors (Lipinski definition) is 8. The van der Waals surface area contributed by atoms with Crippen LogP contribution in [0.1, 0.15) is 0 Å². The highest BCUT2D eigenvalue weighted by molar-refractivity contribution is 7.94. The summed E-state index contributed by atoms with van der Waals surface area (Å²) in [5.74, 6) is -1.56. The van der Waals surface area contributed by atoms with Crippen LogP contribution in [0.2, 0.25) is 5.28 Å². The number of nitrogen functional groups attached to an aromatic ring is 2. The van der Waals surface area contributed by atoms with Crippen LogP contribution in [0.4, 0.5) is 83.4 Å². The van der Waals surface area contributed by atoms with E-state index in [9.17, 15) is 34.7 Å². The van der Waals surface area contributed by atoms with E-state index in [1.165, 1.54) is 24.3 Å². The summed E-state index contributed by atoms with van der Waals surface area (Å²) in [6.45, 7) is 0. The fraction of sp³-hybridized carbons (Fsp3) is 0.0882. The maximum atomic E-state index is 13.7. The van der Waals surface area contributed by atoms with Gasteiger partial charge in [0.15, 0.2) is 0 Å². The highest BCUT2D eigenvalue weighted by Crippen LogP contribution is 2.44. The Hall–Kier alpha value is -6.67. The van der Waals surface area contributed by atoms with E-state index in [1.54, 1.807) is 0 Å². The van der Waals surface area contributed by atoms with Gasteiger partial charge in [0.2, 0.25) is 23.1 Å². The van der Waals surface area contributed by atoms with Crippen LogP contribution in [0.25, 0.3) is 0 Å². The number of rotatable bonds is 16. The van der Waals surface area contributed by atoms with E-state index in [-0.39, 0.29) is 45.0 Å². The topological polar surface area (TPSA) is 349 Å². The molecule has 0 saturated heterocycles. The van der Waals surface area contributed by atoms with Gasteiger partial charge in [0.1, 0.15) is 44.0 Å². The summed E-state index contributed by atoms with van der Waals surface area (Å²) in [7, 11) is -4.11. The van der Waals surface area contributed by atoms with Gasteiger partial charge < -0.3 is 27.4 Å². The Bertz CT molecular complexity index is 3020. The molecule has 0 bridgehead atoms. The quantitative estimate of drug-likeness (QED) is 0.00525. The van der Waals surface area contributed by atoms with Crippen LogP contribution in [0, 0.1) is 12.0 Å². The maximum absolute atomic E-state index is 13.7. The minimum absolute atomic E-state index is 0.0406. The Kier molecular flexibility index (Phi) is 13.9. The lowest BCUT2D eigenvalue weighted by Crippen LogP contribution is -2.34. The first-order valence-electron chi connectivity index (χ1n) is 17.4. The monoisotopic (exact) mass is 962 g/mol. The number of aromatic nitrogens is 5. The molecule has 30 heteroatoms. The van der Waals surface area contributed by atoms with E-state index in [0.717, 1.165) is 23.9 Å². The molecular weight excluding hydrogens is 932 g/mol. The molecule has 24 nitrogen and oxygen atoms in total. The molecular formula is C34H31ClF2N15O9S3+. The molecule has 0 unspecified atom stereocenters. The van der Waals surface area contributed by atoms with Gasteiger partial charge in [-0.05, 0) is 66.2 Å². The molecule has 0 aliphatic rings. The number of hydrogen-bond acceptors (Lipinski definition) is 22. The molecule has 6 rings (SSSR count). The zero-order valence-corrected chi connectivity index (χ0v) is 35.9. The number of anilines is 8. The van der Waals surface area contributed by atoms with Crippen molar-refractivity contribution in [3.05, 3.63) is 90.1 Å². The lowest BCUT2D eigenvalue weighted by Gasteiger charge is -2.23. The van der Waals surface area contributed by atoms with Gasteiger partial charge in [-0.15, -0.1) is 24.8 Å². The molecule has 64 heavy (non-hydrogen) atoms. The van der Waals surface area contributed by atoms with Gasteiger partial charge in [0.25, 0.3) is 20.2 Å². The Balaban J connectivity index is 1.35. The SMILES string of the molecule is C[N+](C)(C)c1ccc(Nc2nc(Cl)nc(Nc3ccc(S(=O)(=O)O)c(N=Nc4cc(S(=O)(=O)O)c(N)c(N=Nc5cc(Nc6cc(F)nc(F)n6)ccc5SOOO)c4N)c3)n2)cc1. The second kappa shape index (κ2) is 19.0. The fourth-order valence-corrected chi connectivity index (χ4v) is 7.09. The molecule has 0 saturated carbocycles. The number of nitrogens with zero attached hydrogens (tertiary/aromatic N) is 10. The molecule has 6 aromatic rings. The lowest BCUT2D eigenvalue weighted by atomic mass is 10.2. The van der Waals surface area contributed by atoms with Gasteiger partial charge >= 0.3 is 6.08 Å². The molecule has 2 aromatic heterocycles. The van der Waals surface area contributed by atoms with E-state index in [0.29, 0.717) is 28.3 Å². The first-order chi connectivity index (χ1) is 30.1. The van der Waals surface area contributed by atoms with E-state index >= 15 is 0 Å².